The first-order valence-corrected chi connectivity index (χ1v) is 18.4. The van der Waals surface area contributed by atoms with Crippen LogP contribution in [0.1, 0.15) is 52.7 Å². The van der Waals surface area contributed by atoms with Gasteiger partial charge in [0.15, 0.2) is 0 Å². The van der Waals surface area contributed by atoms with Gasteiger partial charge in [0.05, 0.1) is 25.5 Å². The van der Waals surface area contributed by atoms with E-state index in [1.165, 1.54) is 27.1 Å². The standard InChI is InChI=1S/C34H44ClN3O3Si/c1-24-21-25(34(39)38-16-18-41-20-19-40-17-8-6-5-7-15-35)9-12-28(24)33-29-13-10-26(36)22-31(29)42(3,4)32-23-27(37-2)11-14-30(32)33/h9-14,21-23H,5-8,15-20,36H2,1-4H3,(H,38,39). The summed E-state index contributed by atoms with van der Waals surface area (Å²) in [5.74, 6) is 0.624. The SMILES string of the molecule is CN=C1C=CC2=C(c3ccc(C(=O)NCCOCCOCCCCCCCl)cc3C)c3ccc(N)cc3[Si](C)(C)C2=C1. The Bertz CT molecular complexity index is 1410. The van der Waals surface area contributed by atoms with Crippen molar-refractivity contribution in [3.05, 3.63) is 87.6 Å². The number of unbranched alkanes of at least 4 members (excludes halogenated alkanes) is 3. The Morgan fingerprint density at radius 2 is 1.69 bits per heavy atom. The van der Waals surface area contributed by atoms with Crippen molar-refractivity contribution >= 4 is 47.7 Å². The minimum atomic E-state index is -2.02. The molecule has 3 N–H and O–H groups in total. The number of carbonyl (C=O) groups is 1. The topological polar surface area (TPSA) is 85.9 Å². The first-order chi connectivity index (χ1) is 20.3. The van der Waals surface area contributed by atoms with Gasteiger partial charge in [0.2, 0.25) is 0 Å². The zero-order valence-corrected chi connectivity index (χ0v) is 27.2. The fourth-order valence-electron chi connectivity index (χ4n) is 5.68. The number of aliphatic imine (C=N–C) groups is 1. The number of allylic oxidation sites excluding steroid dienone is 5. The average molecular weight is 606 g/mol. The molecule has 6 nitrogen and oxygen atoms in total. The maximum Gasteiger partial charge on any atom is 0.251 e. The lowest BCUT2D eigenvalue weighted by Gasteiger charge is -2.38. The van der Waals surface area contributed by atoms with Crippen molar-refractivity contribution < 1.29 is 14.3 Å². The number of benzene rings is 2. The summed E-state index contributed by atoms with van der Waals surface area (Å²) >= 11 is 5.69. The number of nitrogens with one attached hydrogen (secondary N) is 1. The van der Waals surface area contributed by atoms with Crippen LogP contribution in [0.4, 0.5) is 5.69 Å². The normalized spacial score (nSPS) is 16.3. The number of amides is 1. The van der Waals surface area contributed by atoms with E-state index in [4.69, 9.17) is 26.8 Å². The minimum Gasteiger partial charge on any atom is -0.399 e. The average Bonchev–Trinajstić information content (AvgIpc) is 2.98. The van der Waals surface area contributed by atoms with Gasteiger partial charge in [-0.1, -0.05) is 44.1 Å². The maximum atomic E-state index is 12.9. The predicted molar refractivity (Wildman–Crippen MR) is 179 cm³/mol. The van der Waals surface area contributed by atoms with E-state index in [1.54, 1.807) is 0 Å². The summed E-state index contributed by atoms with van der Waals surface area (Å²) in [6.07, 6.45) is 10.9. The largest absolute Gasteiger partial charge is 0.399 e. The lowest BCUT2D eigenvalue weighted by molar-refractivity contribution is 0.0468. The zero-order chi connectivity index (χ0) is 30.1. The van der Waals surface area contributed by atoms with Crippen molar-refractivity contribution in [2.45, 2.75) is 45.7 Å². The van der Waals surface area contributed by atoms with Gasteiger partial charge in [-0.2, -0.15) is 0 Å². The highest BCUT2D eigenvalue weighted by Crippen LogP contribution is 2.42. The highest BCUT2D eigenvalue weighted by molar-refractivity contribution is 6.98. The number of hydrogen-bond donors (Lipinski definition) is 2. The maximum absolute atomic E-state index is 12.9. The fraction of sp³-hybridized carbons (Fsp3) is 0.412. The number of nitrogens with zero attached hydrogens (tertiary/aromatic N) is 1. The molecule has 0 bridgehead atoms. The summed E-state index contributed by atoms with van der Waals surface area (Å²) < 4.78 is 11.2. The van der Waals surface area contributed by atoms with Crippen LogP contribution in [0.3, 0.4) is 0 Å². The van der Waals surface area contributed by atoms with Crippen molar-refractivity contribution in [3.63, 3.8) is 0 Å². The summed E-state index contributed by atoms with van der Waals surface area (Å²) in [4.78, 5) is 17.4. The van der Waals surface area contributed by atoms with Crippen LogP contribution in [0.25, 0.3) is 5.57 Å². The molecule has 1 aliphatic carbocycles. The monoisotopic (exact) mass is 605 g/mol. The third-order valence-electron chi connectivity index (χ3n) is 8.02. The molecule has 0 atom stereocenters. The van der Waals surface area contributed by atoms with E-state index in [-0.39, 0.29) is 5.91 Å². The van der Waals surface area contributed by atoms with Crippen molar-refractivity contribution in [2.75, 3.05) is 51.6 Å². The van der Waals surface area contributed by atoms with Gasteiger partial charge in [0.25, 0.3) is 5.91 Å². The van der Waals surface area contributed by atoms with E-state index in [0.29, 0.717) is 31.9 Å². The van der Waals surface area contributed by atoms with Gasteiger partial charge in [-0.05, 0) is 94.4 Å². The summed E-state index contributed by atoms with van der Waals surface area (Å²) in [7, 11) is -0.187. The Kier molecular flexibility index (Phi) is 11.4. The molecule has 2 aromatic carbocycles. The van der Waals surface area contributed by atoms with Crippen LogP contribution < -0.4 is 16.2 Å². The summed E-state index contributed by atoms with van der Waals surface area (Å²) in [6, 6.07) is 12.3. The van der Waals surface area contributed by atoms with Gasteiger partial charge < -0.3 is 20.5 Å². The summed E-state index contributed by atoms with van der Waals surface area (Å²) in [5, 5.41) is 5.66. The number of anilines is 1. The van der Waals surface area contributed by atoms with E-state index >= 15 is 0 Å². The van der Waals surface area contributed by atoms with Gasteiger partial charge in [-0.3, -0.25) is 9.79 Å². The Morgan fingerprint density at radius 1 is 0.952 bits per heavy atom. The van der Waals surface area contributed by atoms with Crippen molar-refractivity contribution in [1.29, 1.82) is 0 Å². The Balaban J connectivity index is 1.41. The molecule has 0 fully saturated rings. The second kappa shape index (κ2) is 15.0. The number of rotatable bonds is 14. The van der Waals surface area contributed by atoms with E-state index in [0.717, 1.165) is 60.7 Å². The fourth-order valence-corrected chi connectivity index (χ4v) is 8.96. The van der Waals surface area contributed by atoms with Crippen LogP contribution in [-0.4, -0.2) is 65.6 Å². The molecule has 0 saturated heterocycles. The number of aryl methyl sites for hydroxylation is 1. The molecule has 8 heteroatoms. The van der Waals surface area contributed by atoms with E-state index in [2.05, 4.69) is 66.8 Å². The van der Waals surface area contributed by atoms with Crippen molar-refractivity contribution in [2.24, 2.45) is 4.99 Å². The van der Waals surface area contributed by atoms with Crippen molar-refractivity contribution in [1.82, 2.24) is 5.32 Å². The van der Waals surface area contributed by atoms with Gasteiger partial charge in [0, 0.05) is 37.3 Å². The van der Waals surface area contributed by atoms with Gasteiger partial charge in [-0.15, -0.1) is 11.6 Å². The quantitative estimate of drug-likeness (QED) is 0.120. The van der Waals surface area contributed by atoms with Crippen LogP contribution in [0.2, 0.25) is 13.1 Å². The molecule has 0 saturated carbocycles. The molecule has 224 valence electrons. The number of nitrogens with two attached hydrogens (primary N) is 1. The smallest absolute Gasteiger partial charge is 0.251 e. The number of nitrogen functional groups attached to an aromatic ring is 1. The zero-order valence-electron chi connectivity index (χ0n) is 25.4. The van der Waals surface area contributed by atoms with E-state index in [1.807, 2.05) is 25.2 Å². The molecule has 0 spiro atoms. The number of hydrogen-bond acceptors (Lipinski definition) is 5. The molecule has 0 unspecified atom stereocenters. The third-order valence-corrected chi connectivity index (χ3v) is 11.8. The van der Waals surface area contributed by atoms with Gasteiger partial charge >= 0.3 is 0 Å². The number of fused-ring (bicyclic) bond motifs is 2. The first kappa shape index (κ1) is 32.0. The van der Waals surface area contributed by atoms with Crippen LogP contribution >= 0.6 is 11.6 Å². The Hall–Kier alpha value is -2.97. The molecule has 42 heavy (non-hydrogen) atoms. The number of halogens is 1. The second-order valence-corrected chi connectivity index (χ2v) is 16.1. The van der Waals surface area contributed by atoms with Crippen LogP contribution in [0.15, 0.2) is 70.4 Å². The van der Waals surface area contributed by atoms with Crippen molar-refractivity contribution in [3.8, 4) is 0 Å². The minimum absolute atomic E-state index is 0.105. The molecular weight excluding hydrogens is 562 g/mol. The molecule has 0 aromatic heterocycles. The number of carbonyl (C=O) groups excluding carboxylic acids is 1. The van der Waals surface area contributed by atoms with Crippen LogP contribution in [0, 0.1) is 6.92 Å². The lowest BCUT2D eigenvalue weighted by Crippen LogP contribution is -2.49. The highest BCUT2D eigenvalue weighted by atomic mass is 35.5. The molecule has 1 heterocycles. The molecule has 1 amide bonds. The molecule has 1 aliphatic heterocycles. The Morgan fingerprint density at radius 3 is 2.43 bits per heavy atom. The summed E-state index contributed by atoms with van der Waals surface area (Å²) in [6.45, 7) is 9.56. The highest BCUT2D eigenvalue weighted by Gasteiger charge is 2.39. The van der Waals surface area contributed by atoms with E-state index < -0.39 is 8.07 Å². The summed E-state index contributed by atoms with van der Waals surface area (Å²) in [5.41, 5.74) is 14.5. The number of ether oxygens (including phenoxy) is 2. The first-order valence-electron chi connectivity index (χ1n) is 14.9. The number of alkyl halides is 1. The molecular formula is C34H44ClN3O3Si. The lowest BCUT2D eigenvalue weighted by atomic mass is 9.87. The molecule has 2 aromatic rings. The van der Waals surface area contributed by atoms with Crippen LogP contribution in [0.5, 0.6) is 0 Å². The third kappa shape index (κ3) is 7.50. The van der Waals surface area contributed by atoms with Gasteiger partial charge in [-0.25, -0.2) is 0 Å². The molecule has 4 rings (SSSR count). The van der Waals surface area contributed by atoms with E-state index in [9.17, 15) is 4.79 Å². The Labute approximate surface area is 256 Å². The van der Waals surface area contributed by atoms with Gasteiger partial charge in [0.1, 0.15) is 8.07 Å². The second-order valence-electron chi connectivity index (χ2n) is 11.4. The molecule has 2 aliphatic rings. The predicted octanol–water partition coefficient (Wildman–Crippen LogP) is 5.98. The van der Waals surface area contributed by atoms with Crippen LogP contribution in [-0.2, 0) is 9.47 Å². The molecule has 0 radical (unpaired) electrons.